The molecule has 1 fully saturated rings. The average Bonchev–Trinajstić information content (AvgIpc) is 3.25. The van der Waals surface area contributed by atoms with E-state index in [2.05, 4.69) is 36.5 Å². The molecule has 1 aliphatic carbocycles. The van der Waals surface area contributed by atoms with Gasteiger partial charge in [-0.05, 0) is 29.5 Å². The van der Waals surface area contributed by atoms with Crippen LogP contribution in [-0.4, -0.2) is 37.3 Å². The Bertz CT molecular complexity index is 1200. The maximum atomic E-state index is 13.3. The third-order valence-corrected chi connectivity index (χ3v) is 9.28. The summed E-state index contributed by atoms with van der Waals surface area (Å²) in [5.74, 6) is -1.16. The fourth-order valence-corrected chi connectivity index (χ4v) is 6.78. The number of nitrogens with two attached hydrogens (primary N) is 1. The molecule has 10 heteroatoms. The van der Waals surface area contributed by atoms with Gasteiger partial charge in [0.05, 0.1) is 15.2 Å². The number of hydrogen-bond acceptors (Lipinski definition) is 6. The van der Waals surface area contributed by atoms with Crippen molar-refractivity contribution in [2.75, 3.05) is 6.54 Å². The number of primary amides is 1. The van der Waals surface area contributed by atoms with Gasteiger partial charge in [-0.2, -0.15) is 0 Å². The molecule has 1 aromatic carbocycles. The Morgan fingerprint density at radius 3 is 2.56 bits per heavy atom. The minimum atomic E-state index is -3.74. The van der Waals surface area contributed by atoms with E-state index in [0.29, 0.717) is 10.9 Å². The van der Waals surface area contributed by atoms with Crippen LogP contribution < -0.4 is 15.8 Å². The van der Waals surface area contributed by atoms with E-state index in [1.165, 1.54) is 16.9 Å². The van der Waals surface area contributed by atoms with E-state index in [9.17, 15) is 18.0 Å². The van der Waals surface area contributed by atoms with E-state index < -0.39 is 27.4 Å². The molecule has 36 heavy (non-hydrogen) atoms. The summed E-state index contributed by atoms with van der Waals surface area (Å²) in [5, 5.41) is 4.47. The first-order valence-electron chi connectivity index (χ1n) is 12.6. The molecule has 0 saturated heterocycles. The van der Waals surface area contributed by atoms with Gasteiger partial charge in [-0.15, -0.1) is 11.3 Å². The molecule has 1 saturated carbocycles. The van der Waals surface area contributed by atoms with Crippen molar-refractivity contribution in [3.8, 4) is 0 Å². The maximum absolute atomic E-state index is 13.3. The van der Waals surface area contributed by atoms with Gasteiger partial charge in [0, 0.05) is 30.7 Å². The fraction of sp³-hybridized carbons (Fsp3) is 0.577. The highest BCUT2D eigenvalue weighted by Gasteiger charge is 2.49. The Morgan fingerprint density at radius 1 is 1.28 bits per heavy atom. The van der Waals surface area contributed by atoms with Crippen LogP contribution in [-0.2, 0) is 26.0 Å². The number of nitrogens with zero attached hydrogens (tertiary/aromatic N) is 1. The van der Waals surface area contributed by atoms with Gasteiger partial charge < -0.3 is 11.1 Å². The Labute approximate surface area is 218 Å². The van der Waals surface area contributed by atoms with Gasteiger partial charge in [0.15, 0.2) is 0 Å². The Balaban J connectivity index is 2.10. The van der Waals surface area contributed by atoms with Crippen LogP contribution >= 0.6 is 11.3 Å². The fourth-order valence-electron chi connectivity index (χ4n) is 5.14. The molecular weight excluding hydrogens is 496 g/mol. The number of rotatable bonds is 12. The van der Waals surface area contributed by atoms with Crippen LogP contribution in [0, 0.1) is 11.8 Å². The number of benzene rings is 1. The van der Waals surface area contributed by atoms with Crippen molar-refractivity contribution in [2.45, 2.75) is 77.2 Å². The lowest BCUT2D eigenvalue weighted by molar-refractivity contribution is -0.135. The first-order chi connectivity index (χ1) is 17.0. The zero-order valence-electron chi connectivity index (χ0n) is 21.4. The lowest BCUT2D eigenvalue weighted by Gasteiger charge is -2.43. The van der Waals surface area contributed by atoms with Gasteiger partial charge in [-0.1, -0.05) is 65.5 Å². The summed E-state index contributed by atoms with van der Waals surface area (Å²) in [6, 6.07) is 6.12. The third-order valence-electron chi connectivity index (χ3n) is 7.25. The predicted octanol–water partition coefficient (Wildman–Crippen LogP) is 3.97. The molecule has 0 radical (unpaired) electrons. The first kappa shape index (κ1) is 28.3. The van der Waals surface area contributed by atoms with Crippen LogP contribution in [0.2, 0.25) is 0 Å². The second kappa shape index (κ2) is 11.8. The van der Waals surface area contributed by atoms with Crippen molar-refractivity contribution >= 4 is 43.4 Å². The van der Waals surface area contributed by atoms with Crippen LogP contribution in [0.25, 0.3) is 10.2 Å². The molecule has 1 aliphatic rings. The van der Waals surface area contributed by atoms with Gasteiger partial charge in [-0.3, -0.25) is 9.59 Å². The molecule has 1 heterocycles. The molecule has 0 spiro atoms. The molecule has 2 atom stereocenters. The Hall–Kier alpha value is -2.30. The number of sulfonamides is 1. The third kappa shape index (κ3) is 6.52. The second-order valence-electron chi connectivity index (χ2n) is 9.97. The number of carbonyl (C=O) groups is 2. The van der Waals surface area contributed by atoms with Crippen molar-refractivity contribution in [2.24, 2.45) is 17.6 Å². The zero-order valence-corrected chi connectivity index (χ0v) is 23.0. The molecule has 3 rings (SSSR count). The highest BCUT2D eigenvalue weighted by Crippen LogP contribution is 2.39. The van der Waals surface area contributed by atoms with E-state index in [1.807, 2.05) is 12.1 Å². The van der Waals surface area contributed by atoms with Crippen molar-refractivity contribution < 1.29 is 18.0 Å². The molecule has 0 bridgehead atoms. The quantitative estimate of drug-likeness (QED) is 0.379. The summed E-state index contributed by atoms with van der Waals surface area (Å²) in [7, 11) is -3.74. The number of thiazole rings is 1. The summed E-state index contributed by atoms with van der Waals surface area (Å²) in [4.78, 5) is 30.8. The van der Waals surface area contributed by atoms with Crippen LogP contribution in [0.5, 0.6) is 0 Å². The first-order valence-corrected chi connectivity index (χ1v) is 15.0. The number of fused-ring (bicyclic) bond motifs is 1. The standard InChI is InChI=1S/C26H38N4O4S2/c1-5-23(31)30-26(25(27)32,15-24-29-21-13-12-19(17(3)4)14-22(21)35-24)20(16-28-36(33,34)6-2)18-10-8-7-9-11-18/h6,12-14,17-18,20,28H,2,5,7-11,15-16H2,1,3-4H3,(H2,27,32)(H,30,31)/t20-,26?/m1/s1. The largest absolute Gasteiger partial charge is 0.368 e. The summed E-state index contributed by atoms with van der Waals surface area (Å²) in [5.41, 5.74) is 6.61. The summed E-state index contributed by atoms with van der Waals surface area (Å²) < 4.78 is 28.1. The van der Waals surface area contributed by atoms with Crippen LogP contribution in [0.1, 0.15) is 75.8 Å². The zero-order chi connectivity index (χ0) is 26.5. The van der Waals surface area contributed by atoms with Gasteiger partial charge >= 0.3 is 0 Å². The molecule has 8 nitrogen and oxygen atoms in total. The smallest absolute Gasteiger partial charge is 0.243 e. The van der Waals surface area contributed by atoms with Crippen molar-refractivity contribution in [1.29, 1.82) is 0 Å². The van der Waals surface area contributed by atoms with Gasteiger partial charge in [0.1, 0.15) is 5.54 Å². The molecule has 2 aromatic rings. The van der Waals surface area contributed by atoms with E-state index in [-0.39, 0.29) is 31.2 Å². The lowest BCUT2D eigenvalue weighted by Crippen LogP contribution is -2.66. The maximum Gasteiger partial charge on any atom is 0.243 e. The molecule has 2 amide bonds. The number of nitrogens with one attached hydrogen (secondary N) is 2. The predicted molar refractivity (Wildman–Crippen MR) is 145 cm³/mol. The minimum absolute atomic E-state index is 0.0119. The van der Waals surface area contributed by atoms with E-state index in [4.69, 9.17) is 10.7 Å². The molecule has 1 aromatic heterocycles. The summed E-state index contributed by atoms with van der Waals surface area (Å²) in [6.45, 7) is 9.30. The van der Waals surface area contributed by atoms with E-state index in [0.717, 1.165) is 47.7 Å². The van der Waals surface area contributed by atoms with Crippen molar-refractivity contribution in [3.05, 3.63) is 40.8 Å². The number of aromatic nitrogens is 1. The normalized spacial score (nSPS) is 17.6. The van der Waals surface area contributed by atoms with Gasteiger partial charge in [-0.25, -0.2) is 18.1 Å². The average molecular weight is 535 g/mol. The van der Waals surface area contributed by atoms with Crippen molar-refractivity contribution in [3.63, 3.8) is 0 Å². The molecule has 4 N–H and O–H groups in total. The van der Waals surface area contributed by atoms with Crippen LogP contribution in [0.3, 0.4) is 0 Å². The van der Waals surface area contributed by atoms with Crippen LogP contribution in [0.4, 0.5) is 0 Å². The van der Waals surface area contributed by atoms with Gasteiger partial charge in [0.2, 0.25) is 21.8 Å². The number of amides is 2. The molecule has 1 unspecified atom stereocenters. The van der Waals surface area contributed by atoms with E-state index >= 15 is 0 Å². The SMILES string of the molecule is C=CS(=O)(=O)NC[C@H](C1CCCCC1)C(Cc1nc2ccc(C(C)C)cc2s1)(NC(=O)CC)C(N)=O. The highest BCUT2D eigenvalue weighted by atomic mass is 32.2. The monoisotopic (exact) mass is 534 g/mol. The van der Waals surface area contributed by atoms with Gasteiger partial charge in [0.25, 0.3) is 0 Å². The summed E-state index contributed by atoms with van der Waals surface area (Å²) >= 11 is 1.47. The molecule has 0 aliphatic heterocycles. The Morgan fingerprint density at radius 2 is 1.97 bits per heavy atom. The molecule has 198 valence electrons. The molecular formula is C26H38N4O4S2. The van der Waals surface area contributed by atoms with Crippen LogP contribution in [0.15, 0.2) is 30.2 Å². The highest BCUT2D eigenvalue weighted by molar-refractivity contribution is 7.92. The second-order valence-corrected chi connectivity index (χ2v) is 12.8. The lowest BCUT2D eigenvalue weighted by atomic mass is 9.68. The number of hydrogen-bond donors (Lipinski definition) is 3. The minimum Gasteiger partial charge on any atom is -0.368 e. The summed E-state index contributed by atoms with van der Waals surface area (Å²) in [6.07, 6.45) is 4.96. The van der Waals surface area contributed by atoms with Crippen molar-refractivity contribution in [1.82, 2.24) is 15.0 Å². The van der Waals surface area contributed by atoms with E-state index in [1.54, 1.807) is 6.92 Å². The number of carbonyl (C=O) groups excluding carboxylic acids is 2. The Kier molecular flexibility index (Phi) is 9.29. The topological polar surface area (TPSA) is 131 Å².